The van der Waals surface area contributed by atoms with Crippen molar-refractivity contribution in [2.75, 3.05) is 12.4 Å². The molecule has 62 valence electrons. The van der Waals surface area contributed by atoms with Crippen LogP contribution in [0.1, 0.15) is 0 Å². The van der Waals surface area contributed by atoms with E-state index < -0.39 is 0 Å². The van der Waals surface area contributed by atoms with Crippen molar-refractivity contribution in [3.8, 4) is 0 Å². The Bertz CT molecular complexity index is 406. The number of benzene rings is 1. The van der Waals surface area contributed by atoms with Crippen molar-refractivity contribution in [3.05, 3.63) is 28.0 Å². The number of H-pyrrole nitrogens is 1. The van der Waals surface area contributed by atoms with Gasteiger partial charge < -0.3 is 10.3 Å². The van der Waals surface area contributed by atoms with Crippen molar-refractivity contribution >= 4 is 39.2 Å². The minimum atomic E-state index is 1.18. The summed E-state index contributed by atoms with van der Waals surface area (Å²) in [5, 5.41) is 4.44. The van der Waals surface area contributed by atoms with Gasteiger partial charge in [0, 0.05) is 33.4 Å². The average molecular weight is 272 g/mol. The zero-order valence-electron chi connectivity index (χ0n) is 6.69. The molecule has 0 aliphatic heterocycles. The van der Waals surface area contributed by atoms with E-state index >= 15 is 0 Å². The van der Waals surface area contributed by atoms with Crippen LogP contribution >= 0.6 is 22.6 Å². The fourth-order valence-electron chi connectivity index (χ4n) is 1.29. The van der Waals surface area contributed by atoms with Gasteiger partial charge in [0.2, 0.25) is 0 Å². The Hall–Kier alpha value is -0.710. The third kappa shape index (κ3) is 1.08. The lowest BCUT2D eigenvalue weighted by Gasteiger charge is -2.03. The highest BCUT2D eigenvalue weighted by molar-refractivity contribution is 14.1. The zero-order valence-corrected chi connectivity index (χ0v) is 8.84. The monoisotopic (exact) mass is 272 g/mol. The number of aromatic amines is 1. The molecule has 0 fully saturated rings. The summed E-state index contributed by atoms with van der Waals surface area (Å²) < 4.78 is 1.27. The van der Waals surface area contributed by atoms with Crippen LogP contribution in [0.15, 0.2) is 24.4 Å². The summed E-state index contributed by atoms with van der Waals surface area (Å²) >= 11 is 2.35. The molecule has 0 aliphatic rings. The molecule has 0 atom stereocenters. The smallest absolute Gasteiger partial charge is 0.0480 e. The molecule has 0 bridgehead atoms. The van der Waals surface area contributed by atoms with Gasteiger partial charge in [0.1, 0.15) is 0 Å². The van der Waals surface area contributed by atoms with Crippen LogP contribution in [0.4, 0.5) is 5.69 Å². The molecule has 0 saturated heterocycles. The van der Waals surface area contributed by atoms with Gasteiger partial charge in [-0.1, -0.05) is 0 Å². The van der Waals surface area contributed by atoms with Crippen LogP contribution in [0.5, 0.6) is 0 Å². The summed E-state index contributed by atoms with van der Waals surface area (Å²) in [6.45, 7) is 0. The predicted molar refractivity (Wildman–Crippen MR) is 60.6 cm³/mol. The van der Waals surface area contributed by atoms with Crippen LogP contribution in [-0.2, 0) is 0 Å². The highest BCUT2D eigenvalue weighted by Gasteiger charge is 2.02. The van der Waals surface area contributed by atoms with Gasteiger partial charge in [-0.3, -0.25) is 0 Å². The Morgan fingerprint density at radius 3 is 2.92 bits per heavy atom. The van der Waals surface area contributed by atoms with E-state index in [1.807, 2.05) is 13.2 Å². The van der Waals surface area contributed by atoms with Gasteiger partial charge in [0.05, 0.1) is 0 Å². The summed E-state index contributed by atoms with van der Waals surface area (Å²) in [7, 11) is 1.94. The summed E-state index contributed by atoms with van der Waals surface area (Å²) in [5.41, 5.74) is 2.38. The lowest BCUT2D eigenvalue weighted by Crippen LogP contribution is -1.90. The van der Waals surface area contributed by atoms with Crippen LogP contribution < -0.4 is 5.32 Å². The van der Waals surface area contributed by atoms with E-state index in [4.69, 9.17) is 0 Å². The van der Waals surface area contributed by atoms with Crippen molar-refractivity contribution in [1.82, 2.24) is 4.98 Å². The standard InChI is InChI=1S/C9H9IN2/c1-11-8-3-2-7-6(9(8)10)4-5-12-7/h2-5,11-12H,1H3. The second-order valence-electron chi connectivity index (χ2n) is 2.62. The Morgan fingerprint density at radius 1 is 1.33 bits per heavy atom. The molecule has 0 radical (unpaired) electrons. The summed E-state index contributed by atoms with van der Waals surface area (Å²) in [6.07, 6.45) is 1.96. The van der Waals surface area contributed by atoms with Crippen molar-refractivity contribution in [2.24, 2.45) is 0 Å². The average Bonchev–Trinajstić information content (AvgIpc) is 2.53. The van der Waals surface area contributed by atoms with Crippen LogP contribution in [0, 0.1) is 3.57 Å². The second kappa shape index (κ2) is 2.97. The number of fused-ring (bicyclic) bond motifs is 1. The summed E-state index contributed by atoms with van der Waals surface area (Å²) in [6, 6.07) is 6.27. The highest BCUT2D eigenvalue weighted by atomic mass is 127. The molecule has 2 rings (SSSR count). The van der Waals surface area contributed by atoms with Crippen LogP contribution in [0.3, 0.4) is 0 Å². The van der Waals surface area contributed by atoms with Gasteiger partial charge in [-0.2, -0.15) is 0 Å². The molecule has 1 heterocycles. The van der Waals surface area contributed by atoms with E-state index in [9.17, 15) is 0 Å². The molecule has 2 nitrogen and oxygen atoms in total. The van der Waals surface area contributed by atoms with E-state index in [-0.39, 0.29) is 0 Å². The fourth-order valence-corrected chi connectivity index (χ4v) is 2.21. The minimum Gasteiger partial charge on any atom is -0.387 e. The van der Waals surface area contributed by atoms with E-state index in [1.54, 1.807) is 0 Å². The number of anilines is 1. The summed E-state index contributed by atoms with van der Waals surface area (Å²) in [5.74, 6) is 0. The molecule has 1 aromatic carbocycles. The molecule has 3 heteroatoms. The van der Waals surface area contributed by atoms with Crippen molar-refractivity contribution in [2.45, 2.75) is 0 Å². The van der Waals surface area contributed by atoms with Crippen LogP contribution in [-0.4, -0.2) is 12.0 Å². The molecular formula is C9H9IN2. The van der Waals surface area contributed by atoms with Crippen LogP contribution in [0.2, 0.25) is 0 Å². The molecule has 0 spiro atoms. The van der Waals surface area contributed by atoms with E-state index in [2.05, 4.69) is 51.1 Å². The summed E-state index contributed by atoms with van der Waals surface area (Å²) in [4.78, 5) is 3.18. The molecule has 12 heavy (non-hydrogen) atoms. The van der Waals surface area contributed by atoms with E-state index in [0.717, 1.165) is 0 Å². The number of halogens is 1. The first kappa shape index (κ1) is 7.91. The topological polar surface area (TPSA) is 27.8 Å². The van der Waals surface area contributed by atoms with Crippen LogP contribution in [0.25, 0.3) is 10.9 Å². The Labute approximate surface area is 84.5 Å². The predicted octanol–water partition coefficient (Wildman–Crippen LogP) is 2.81. The van der Waals surface area contributed by atoms with Crippen molar-refractivity contribution in [1.29, 1.82) is 0 Å². The molecular weight excluding hydrogens is 263 g/mol. The lowest BCUT2D eigenvalue weighted by molar-refractivity contribution is 1.46. The number of nitrogens with one attached hydrogen (secondary N) is 2. The Kier molecular flexibility index (Phi) is 1.96. The third-order valence-electron chi connectivity index (χ3n) is 1.94. The first-order valence-electron chi connectivity index (χ1n) is 3.76. The molecule has 0 amide bonds. The molecule has 1 aromatic heterocycles. The number of rotatable bonds is 1. The maximum Gasteiger partial charge on any atom is 0.0480 e. The largest absolute Gasteiger partial charge is 0.387 e. The first-order chi connectivity index (χ1) is 5.83. The van der Waals surface area contributed by atoms with Gasteiger partial charge in [0.25, 0.3) is 0 Å². The molecule has 0 unspecified atom stereocenters. The van der Waals surface area contributed by atoms with Gasteiger partial charge in [-0.25, -0.2) is 0 Å². The quantitative estimate of drug-likeness (QED) is 0.767. The number of aromatic nitrogens is 1. The van der Waals surface area contributed by atoms with Gasteiger partial charge in [-0.05, 0) is 40.8 Å². The van der Waals surface area contributed by atoms with Gasteiger partial charge in [0.15, 0.2) is 0 Å². The maximum atomic E-state index is 3.18. The minimum absolute atomic E-state index is 1.18. The third-order valence-corrected chi connectivity index (χ3v) is 3.10. The van der Waals surface area contributed by atoms with Crippen molar-refractivity contribution in [3.63, 3.8) is 0 Å². The molecule has 2 aromatic rings. The maximum absolute atomic E-state index is 3.18. The van der Waals surface area contributed by atoms with E-state index in [0.29, 0.717) is 0 Å². The number of hydrogen-bond acceptors (Lipinski definition) is 1. The SMILES string of the molecule is CNc1ccc2[nH]ccc2c1I. The Balaban J connectivity index is 2.78. The lowest BCUT2D eigenvalue weighted by atomic mass is 10.2. The molecule has 2 N–H and O–H groups in total. The fraction of sp³-hybridized carbons (Fsp3) is 0.111. The van der Waals surface area contributed by atoms with E-state index in [1.165, 1.54) is 20.2 Å². The zero-order chi connectivity index (χ0) is 8.55. The van der Waals surface area contributed by atoms with Gasteiger partial charge in [-0.15, -0.1) is 0 Å². The van der Waals surface area contributed by atoms with Crippen molar-refractivity contribution < 1.29 is 0 Å². The number of hydrogen-bond donors (Lipinski definition) is 2. The first-order valence-corrected chi connectivity index (χ1v) is 4.84. The highest BCUT2D eigenvalue weighted by Crippen LogP contribution is 2.26. The second-order valence-corrected chi connectivity index (χ2v) is 3.69. The van der Waals surface area contributed by atoms with Gasteiger partial charge >= 0.3 is 0 Å². The molecule has 0 saturated carbocycles. The normalized spacial score (nSPS) is 10.5. The Morgan fingerprint density at radius 2 is 2.17 bits per heavy atom. The molecule has 0 aliphatic carbocycles.